The van der Waals surface area contributed by atoms with Crippen LogP contribution in [0, 0.1) is 0 Å². The molecule has 30 heavy (non-hydrogen) atoms. The number of carbonyl (C=O) groups excluding carboxylic acids is 2. The fourth-order valence-corrected chi connectivity index (χ4v) is 3.55. The van der Waals surface area contributed by atoms with Crippen LogP contribution in [0.1, 0.15) is 26.3 Å². The normalized spacial score (nSPS) is 13.7. The van der Waals surface area contributed by atoms with Gasteiger partial charge in [0.15, 0.2) is 0 Å². The molecule has 152 valence electrons. The SMILES string of the molecule is O=C(c1ccccc1)N1CCN(C(=O)c2ccccc2OCc2ccccc2)CC1. The molecule has 0 saturated carbocycles. The van der Waals surface area contributed by atoms with Crippen molar-refractivity contribution in [2.75, 3.05) is 26.2 Å². The van der Waals surface area contributed by atoms with E-state index in [4.69, 9.17) is 4.74 Å². The lowest BCUT2D eigenvalue weighted by atomic mass is 10.1. The summed E-state index contributed by atoms with van der Waals surface area (Å²) in [7, 11) is 0. The molecule has 1 fully saturated rings. The van der Waals surface area contributed by atoms with Crippen molar-refractivity contribution in [2.45, 2.75) is 6.61 Å². The Morgan fingerprint density at radius 3 is 1.87 bits per heavy atom. The van der Waals surface area contributed by atoms with Crippen LogP contribution in [-0.2, 0) is 6.61 Å². The molecule has 0 unspecified atom stereocenters. The highest BCUT2D eigenvalue weighted by atomic mass is 16.5. The number of hydrogen-bond donors (Lipinski definition) is 0. The van der Waals surface area contributed by atoms with Gasteiger partial charge in [0.2, 0.25) is 0 Å². The highest BCUT2D eigenvalue weighted by Gasteiger charge is 2.26. The predicted molar refractivity (Wildman–Crippen MR) is 115 cm³/mol. The summed E-state index contributed by atoms with van der Waals surface area (Å²) >= 11 is 0. The second kappa shape index (κ2) is 9.27. The van der Waals surface area contributed by atoms with E-state index in [0.29, 0.717) is 49.7 Å². The Morgan fingerprint density at radius 1 is 0.667 bits per heavy atom. The predicted octanol–water partition coefficient (Wildman–Crippen LogP) is 3.86. The van der Waals surface area contributed by atoms with E-state index < -0.39 is 0 Å². The Bertz CT molecular complexity index is 997. The molecule has 0 N–H and O–H groups in total. The molecule has 1 heterocycles. The van der Waals surface area contributed by atoms with Crippen LogP contribution in [0.15, 0.2) is 84.9 Å². The monoisotopic (exact) mass is 400 g/mol. The maximum Gasteiger partial charge on any atom is 0.257 e. The average Bonchev–Trinajstić information content (AvgIpc) is 2.83. The Morgan fingerprint density at radius 2 is 1.20 bits per heavy atom. The van der Waals surface area contributed by atoms with Gasteiger partial charge in [-0.15, -0.1) is 0 Å². The van der Waals surface area contributed by atoms with Crippen LogP contribution >= 0.6 is 0 Å². The Hall–Kier alpha value is -3.60. The molecule has 2 amide bonds. The van der Waals surface area contributed by atoms with E-state index in [1.807, 2.05) is 78.9 Å². The summed E-state index contributed by atoms with van der Waals surface area (Å²) in [5, 5.41) is 0. The van der Waals surface area contributed by atoms with Gasteiger partial charge in [-0.2, -0.15) is 0 Å². The average molecular weight is 400 g/mol. The number of rotatable bonds is 5. The highest BCUT2D eigenvalue weighted by molar-refractivity contribution is 5.97. The van der Waals surface area contributed by atoms with Crippen molar-refractivity contribution >= 4 is 11.8 Å². The van der Waals surface area contributed by atoms with E-state index in [0.717, 1.165) is 5.56 Å². The Kier molecular flexibility index (Phi) is 6.09. The molecule has 0 spiro atoms. The lowest BCUT2D eigenvalue weighted by Crippen LogP contribution is -2.50. The summed E-state index contributed by atoms with van der Waals surface area (Å²) in [6, 6.07) is 26.5. The summed E-state index contributed by atoms with van der Waals surface area (Å²) in [4.78, 5) is 29.3. The molecule has 4 rings (SSSR count). The maximum absolute atomic E-state index is 13.1. The van der Waals surface area contributed by atoms with Crippen LogP contribution in [0.3, 0.4) is 0 Å². The van der Waals surface area contributed by atoms with Crippen LogP contribution in [0.5, 0.6) is 5.75 Å². The van der Waals surface area contributed by atoms with Crippen molar-refractivity contribution in [1.82, 2.24) is 9.80 Å². The summed E-state index contributed by atoms with van der Waals surface area (Å²) in [5.74, 6) is 0.522. The Balaban J connectivity index is 1.39. The molecule has 0 atom stereocenters. The van der Waals surface area contributed by atoms with Gasteiger partial charge in [-0.1, -0.05) is 60.7 Å². The standard InChI is InChI=1S/C25H24N2O3/c28-24(21-11-5-2-6-12-21)26-15-17-27(18-16-26)25(29)22-13-7-8-14-23(22)30-19-20-9-3-1-4-10-20/h1-14H,15-19H2. The summed E-state index contributed by atoms with van der Waals surface area (Å²) in [6.07, 6.45) is 0. The zero-order chi connectivity index (χ0) is 20.8. The van der Waals surface area contributed by atoms with Gasteiger partial charge in [-0.3, -0.25) is 9.59 Å². The fraction of sp³-hybridized carbons (Fsp3) is 0.200. The van der Waals surface area contributed by atoms with E-state index in [1.54, 1.807) is 15.9 Å². The molecule has 0 aromatic heterocycles. The molecule has 5 nitrogen and oxygen atoms in total. The van der Waals surface area contributed by atoms with Gasteiger partial charge in [0, 0.05) is 31.7 Å². The van der Waals surface area contributed by atoms with Crippen LogP contribution in [0.2, 0.25) is 0 Å². The number of hydrogen-bond acceptors (Lipinski definition) is 3. The molecule has 1 saturated heterocycles. The molecule has 0 radical (unpaired) electrons. The molecule has 0 aliphatic carbocycles. The van der Waals surface area contributed by atoms with Crippen LogP contribution in [0.25, 0.3) is 0 Å². The van der Waals surface area contributed by atoms with Crippen molar-refractivity contribution in [3.63, 3.8) is 0 Å². The first-order chi connectivity index (χ1) is 14.7. The van der Waals surface area contributed by atoms with Crippen molar-refractivity contribution < 1.29 is 14.3 Å². The first-order valence-electron chi connectivity index (χ1n) is 10.1. The lowest BCUT2D eigenvalue weighted by Gasteiger charge is -2.35. The lowest BCUT2D eigenvalue weighted by molar-refractivity contribution is 0.0533. The highest BCUT2D eigenvalue weighted by Crippen LogP contribution is 2.22. The van der Waals surface area contributed by atoms with E-state index in [2.05, 4.69) is 0 Å². The van der Waals surface area contributed by atoms with Gasteiger partial charge >= 0.3 is 0 Å². The minimum atomic E-state index is -0.0644. The minimum absolute atomic E-state index is 0.00861. The van der Waals surface area contributed by atoms with Crippen molar-refractivity contribution in [3.8, 4) is 5.75 Å². The van der Waals surface area contributed by atoms with Crippen molar-refractivity contribution in [2.24, 2.45) is 0 Å². The van der Waals surface area contributed by atoms with Crippen LogP contribution in [0.4, 0.5) is 0 Å². The number of benzene rings is 3. The molecule has 3 aromatic carbocycles. The third-order valence-electron chi connectivity index (χ3n) is 5.23. The van der Waals surface area contributed by atoms with Gasteiger partial charge < -0.3 is 14.5 Å². The van der Waals surface area contributed by atoms with Crippen LogP contribution < -0.4 is 4.74 Å². The van der Waals surface area contributed by atoms with Gasteiger partial charge in [-0.25, -0.2) is 0 Å². The number of piperazine rings is 1. The number of carbonyl (C=O) groups is 2. The Labute approximate surface area is 176 Å². The minimum Gasteiger partial charge on any atom is -0.488 e. The second-order valence-corrected chi connectivity index (χ2v) is 7.22. The molecular formula is C25H24N2O3. The number of nitrogens with zero attached hydrogens (tertiary/aromatic N) is 2. The topological polar surface area (TPSA) is 49.9 Å². The van der Waals surface area contributed by atoms with Gasteiger partial charge in [0.05, 0.1) is 5.56 Å². The van der Waals surface area contributed by atoms with Crippen LogP contribution in [-0.4, -0.2) is 47.8 Å². The fourth-order valence-electron chi connectivity index (χ4n) is 3.55. The molecule has 0 bridgehead atoms. The zero-order valence-electron chi connectivity index (χ0n) is 16.7. The third kappa shape index (κ3) is 4.51. The smallest absolute Gasteiger partial charge is 0.257 e. The largest absolute Gasteiger partial charge is 0.488 e. The molecule has 1 aliphatic rings. The second-order valence-electron chi connectivity index (χ2n) is 7.22. The first kappa shape index (κ1) is 19.7. The van der Waals surface area contributed by atoms with E-state index in [1.165, 1.54) is 0 Å². The maximum atomic E-state index is 13.1. The zero-order valence-corrected chi connectivity index (χ0v) is 16.7. The third-order valence-corrected chi connectivity index (χ3v) is 5.23. The number of ether oxygens (including phenoxy) is 1. The quantitative estimate of drug-likeness (QED) is 0.653. The van der Waals surface area contributed by atoms with Crippen molar-refractivity contribution in [3.05, 3.63) is 102 Å². The number of amides is 2. The molecular weight excluding hydrogens is 376 g/mol. The van der Waals surface area contributed by atoms with Crippen molar-refractivity contribution in [1.29, 1.82) is 0 Å². The first-order valence-corrected chi connectivity index (χ1v) is 10.1. The summed E-state index contributed by atoms with van der Waals surface area (Å²) in [6.45, 7) is 2.46. The number of para-hydroxylation sites is 1. The van der Waals surface area contributed by atoms with E-state index >= 15 is 0 Å². The van der Waals surface area contributed by atoms with Gasteiger partial charge in [-0.05, 0) is 29.8 Å². The van der Waals surface area contributed by atoms with E-state index in [9.17, 15) is 9.59 Å². The summed E-state index contributed by atoms with van der Waals surface area (Å²) < 4.78 is 5.94. The van der Waals surface area contributed by atoms with Gasteiger partial charge in [0.25, 0.3) is 11.8 Å². The summed E-state index contributed by atoms with van der Waals surface area (Å²) in [5.41, 5.74) is 2.28. The molecule has 1 aliphatic heterocycles. The van der Waals surface area contributed by atoms with Gasteiger partial charge in [0.1, 0.15) is 12.4 Å². The molecule has 3 aromatic rings. The molecule has 5 heteroatoms. The van der Waals surface area contributed by atoms with E-state index in [-0.39, 0.29) is 11.8 Å².